The Morgan fingerprint density at radius 3 is 1.27 bits per heavy atom. The van der Waals surface area contributed by atoms with Crippen molar-refractivity contribution in [2.24, 2.45) is 0 Å². The van der Waals surface area contributed by atoms with Gasteiger partial charge in [-0.1, -0.05) is 162 Å². The summed E-state index contributed by atoms with van der Waals surface area (Å²) >= 11 is 0. The first-order chi connectivity index (χ1) is 21.9. The smallest absolute Gasteiger partial charge is 0.0679 e. The zero-order chi connectivity index (χ0) is 31.6. The standard InChI is InChI=1S/C44H52Si/c1-7-11-15-31-21-25-35(26-22-31)37-17-13-19-39-41(37)29-33(9-3)43(39)45(5,6)44-34(10-4)30-42-38(18-14-20-40(42)44)36-27-23-32(24-28-36)16-12-8-2/h13-14,17-30,43-44H,7-12,15-16H2,1-6H3. The molecule has 4 aromatic carbocycles. The van der Waals surface area contributed by atoms with Gasteiger partial charge in [0.05, 0.1) is 8.07 Å². The van der Waals surface area contributed by atoms with Gasteiger partial charge in [0.25, 0.3) is 0 Å². The van der Waals surface area contributed by atoms with Gasteiger partial charge in [-0.3, -0.25) is 0 Å². The van der Waals surface area contributed by atoms with Crippen molar-refractivity contribution in [1.29, 1.82) is 0 Å². The summed E-state index contributed by atoms with van der Waals surface area (Å²) in [5.41, 5.74) is 18.8. The highest BCUT2D eigenvalue weighted by molar-refractivity contribution is 6.81. The van der Waals surface area contributed by atoms with Crippen molar-refractivity contribution in [3.8, 4) is 22.3 Å². The van der Waals surface area contributed by atoms with E-state index in [2.05, 4.69) is 138 Å². The SMILES string of the molecule is CCCCc1ccc(-c2cccc3c2C=C(CC)C3[Si](C)(C)C2C(CC)=Cc3c(-c4ccc(CCCC)cc4)cccc32)cc1. The maximum atomic E-state index is 2.68. The lowest BCUT2D eigenvalue weighted by atomic mass is 9.95. The number of aryl methyl sites for hydroxylation is 2. The number of rotatable bonds is 12. The van der Waals surface area contributed by atoms with Crippen LogP contribution in [0.25, 0.3) is 34.4 Å². The monoisotopic (exact) mass is 608 g/mol. The van der Waals surface area contributed by atoms with E-state index < -0.39 is 8.07 Å². The second-order valence-corrected chi connectivity index (χ2v) is 18.8. The molecule has 2 unspecified atom stereocenters. The van der Waals surface area contributed by atoms with E-state index in [0.29, 0.717) is 11.1 Å². The maximum absolute atomic E-state index is 2.68. The van der Waals surface area contributed by atoms with Crippen LogP contribution in [0.3, 0.4) is 0 Å². The van der Waals surface area contributed by atoms with Crippen molar-refractivity contribution in [3.63, 3.8) is 0 Å². The van der Waals surface area contributed by atoms with Crippen molar-refractivity contribution in [2.75, 3.05) is 0 Å². The third-order valence-corrected chi connectivity index (χ3v) is 15.1. The Hall–Kier alpha value is -3.42. The molecule has 0 saturated heterocycles. The van der Waals surface area contributed by atoms with E-state index in [4.69, 9.17) is 0 Å². The number of hydrogen-bond donors (Lipinski definition) is 0. The van der Waals surface area contributed by atoms with Gasteiger partial charge in [0.15, 0.2) is 0 Å². The van der Waals surface area contributed by atoms with Crippen LogP contribution in [0.15, 0.2) is 96.1 Å². The Balaban J connectivity index is 1.38. The molecule has 0 nitrogen and oxygen atoms in total. The van der Waals surface area contributed by atoms with E-state index in [9.17, 15) is 0 Å². The van der Waals surface area contributed by atoms with E-state index in [0.717, 1.165) is 12.8 Å². The molecule has 0 radical (unpaired) electrons. The van der Waals surface area contributed by atoms with Crippen LogP contribution in [0.1, 0.15) is 111 Å². The maximum Gasteiger partial charge on any atom is 0.0722 e. The fraction of sp³-hybridized carbons (Fsp3) is 0.364. The number of hydrogen-bond acceptors (Lipinski definition) is 0. The van der Waals surface area contributed by atoms with Crippen LogP contribution in [0.5, 0.6) is 0 Å². The molecule has 0 bridgehead atoms. The molecule has 0 aliphatic heterocycles. The fourth-order valence-electron chi connectivity index (χ4n) is 8.43. The molecular weight excluding hydrogens is 557 g/mol. The van der Waals surface area contributed by atoms with Gasteiger partial charge in [-0.25, -0.2) is 0 Å². The number of allylic oxidation sites excluding steroid dienone is 2. The van der Waals surface area contributed by atoms with Gasteiger partial charge in [-0.15, -0.1) is 0 Å². The molecule has 2 atom stereocenters. The van der Waals surface area contributed by atoms with Crippen LogP contribution in [0, 0.1) is 0 Å². The second-order valence-electron chi connectivity index (χ2n) is 14.1. The van der Waals surface area contributed by atoms with Gasteiger partial charge >= 0.3 is 0 Å². The van der Waals surface area contributed by atoms with Crippen LogP contribution in [0.2, 0.25) is 13.1 Å². The number of benzene rings is 4. The molecule has 4 aromatic rings. The molecule has 0 spiro atoms. The summed E-state index contributed by atoms with van der Waals surface area (Å²) in [6.07, 6.45) is 14.7. The van der Waals surface area contributed by atoms with Gasteiger partial charge in [0.1, 0.15) is 0 Å². The Morgan fingerprint density at radius 1 is 0.511 bits per heavy atom. The average Bonchev–Trinajstić information content (AvgIpc) is 3.66. The molecule has 232 valence electrons. The van der Waals surface area contributed by atoms with Gasteiger partial charge in [-0.2, -0.15) is 0 Å². The largest absolute Gasteiger partial charge is 0.0722 e. The van der Waals surface area contributed by atoms with Crippen molar-refractivity contribution in [3.05, 3.63) is 129 Å². The molecule has 1 heteroatoms. The highest BCUT2D eigenvalue weighted by atomic mass is 28.3. The first-order valence-corrected chi connectivity index (χ1v) is 20.9. The summed E-state index contributed by atoms with van der Waals surface area (Å²) in [6.45, 7) is 14.7. The summed E-state index contributed by atoms with van der Waals surface area (Å²) in [4.78, 5) is 0. The molecule has 2 aliphatic carbocycles. The van der Waals surface area contributed by atoms with Gasteiger partial charge < -0.3 is 0 Å². The summed E-state index contributed by atoms with van der Waals surface area (Å²) < 4.78 is 0. The molecule has 2 aliphatic rings. The minimum atomic E-state index is -1.94. The topological polar surface area (TPSA) is 0 Å². The summed E-state index contributed by atoms with van der Waals surface area (Å²) in [5.74, 6) is 0. The minimum Gasteiger partial charge on any atom is -0.0679 e. The lowest BCUT2D eigenvalue weighted by Gasteiger charge is -2.40. The normalized spacial score (nSPS) is 17.2. The van der Waals surface area contributed by atoms with Crippen LogP contribution >= 0.6 is 0 Å². The van der Waals surface area contributed by atoms with Crippen molar-refractivity contribution in [1.82, 2.24) is 0 Å². The Morgan fingerprint density at radius 2 is 0.911 bits per heavy atom. The van der Waals surface area contributed by atoms with E-state index in [1.165, 1.54) is 83.0 Å². The summed E-state index contributed by atoms with van der Waals surface area (Å²) in [6, 6.07) is 33.1. The fourth-order valence-corrected chi connectivity index (χ4v) is 13.4. The van der Waals surface area contributed by atoms with E-state index in [1.807, 2.05) is 0 Å². The molecule has 6 rings (SSSR count). The highest BCUT2D eigenvalue weighted by Gasteiger charge is 2.48. The summed E-state index contributed by atoms with van der Waals surface area (Å²) in [5, 5.41) is 0. The number of fused-ring (bicyclic) bond motifs is 2. The zero-order valence-electron chi connectivity index (χ0n) is 28.5. The van der Waals surface area contributed by atoms with Gasteiger partial charge in [0.2, 0.25) is 0 Å². The summed E-state index contributed by atoms with van der Waals surface area (Å²) in [7, 11) is -1.94. The first kappa shape index (κ1) is 31.6. The molecule has 0 heterocycles. The predicted molar refractivity (Wildman–Crippen MR) is 200 cm³/mol. The zero-order valence-corrected chi connectivity index (χ0v) is 29.5. The van der Waals surface area contributed by atoms with Crippen LogP contribution < -0.4 is 0 Å². The molecule has 0 fully saturated rings. The Bertz CT molecular complexity index is 1570. The van der Waals surface area contributed by atoms with Crippen molar-refractivity contribution < 1.29 is 0 Å². The molecule has 0 N–H and O–H groups in total. The van der Waals surface area contributed by atoms with E-state index >= 15 is 0 Å². The molecule has 0 aromatic heterocycles. The van der Waals surface area contributed by atoms with Crippen LogP contribution in [0.4, 0.5) is 0 Å². The van der Waals surface area contributed by atoms with Crippen molar-refractivity contribution >= 4 is 20.2 Å². The van der Waals surface area contributed by atoms with E-state index in [1.54, 1.807) is 22.3 Å². The second kappa shape index (κ2) is 13.5. The third kappa shape index (κ3) is 5.97. The quantitative estimate of drug-likeness (QED) is 0.140. The van der Waals surface area contributed by atoms with Gasteiger partial charge in [0, 0.05) is 11.1 Å². The predicted octanol–water partition coefficient (Wildman–Crippen LogP) is 13.0. The molecular formula is C44H52Si. The number of unbranched alkanes of at least 4 members (excludes halogenated alkanes) is 2. The van der Waals surface area contributed by atoms with Crippen LogP contribution in [-0.4, -0.2) is 8.07 Å². The highest BCUT2D eigenvalue weighted by Crippen LogP contribution is 2.55. The lowest BCUT2D eigenvalue weighted by molar-refractivity contribution is 0.795. The molecule has 0 amide bonds. The third-order valence-electron chi connectivity index (χ3n) is 10.8. The Kier molecular flexibility index (Phi) is 9.48. The van der Waals surface area contributed by atoms with Gasteiger partial charge in [-0.05, 0) is 94.2 Å². The van der Waals surface area contributed by atoms with Crippen LogP contribution in [-0.2, 0) is 12.8 Å². The molecule has 45 heavy (non-hydrogen) atoms. The van der Waals surface area contributed by atoms with Crippen molar-refractivity contribution in [2.45, 2.75) is 103 Å². The molecule has 0 saturated carbocycles. The first-order valence-electron chi connectivity index (χ1n) is 17.8. The lowest BCUT2D eigenvalue weighted by Crippen LogP contribution is -2.42. The Labute approximate surface area is 274 Å². The average molecular weight is 609 g/mol. The minimum absolute atomic E-state index is 0.522. The van der Waals surface area contributed by atoms with E-state index in [-0.39, 0.29) is 0 Å².